The fraction of sp³-hybridized carbons (Fsp3) is 0.321. The number of benzene rings is 2. The number of hydrogen-bond donors (Lipinski definition) is 2. The Balaban J connectivity index is 1.66. The van der Waals surface area contributed by atoms with Crippen LogP contribution in [0.5, 0.6) is 0 Å². The zero-order valence-electron chi connectivity index (χ0n) is 19.4. The SMILES string of the molecule is CCCC(Nc1ccccc1)c1c(C=C2C(=O)Nc3c(Br)cc(Br)c(C)c32)oc2c1CCCC2. The summed E-state index contributed by atoms with van der Waals surface area (Å²) in [5.74, 6) is 1.79. The molecule has 5 rings (SSSR count). The third-order valence-electron chi connectivity index (χ3n) is 6.78. The molecule has 1 atom stereocenters. The van der Waals surface area contributed by atoms with Crippen LogP contribution in [0.3, 0.4) is 0 Å². The van der Waals surface area contributed by atoms with E-state index in [0.29, 0.717) is 5.57 Å². The van der Waals surface area contributed by atoms with Gasteiger partial charge in [-0.15, -0.1) is 0 Å². The maximum atomic E-state index is 13.1. The van der Waals surface area contributed by atoms with E-state index in [4.69, 9.17) is 4.42 Å². The van der Waals surface area contributed by atoms with E-state index in [1.807, 2.05) is 25.1 Å². The quantitative estimate of drug-likeness (QED) is 0.286. The molecule has 3 aromatic rings. The highest BCUT2D eigenvalue weighted by molar-refractivity contribution is 9.11. The lowest BCUT2D eigenvalue weighted by molar-refractivity contribution is -0.110. The molecule has 0 saturated carbocycles. The summed E-state index contributed by atoms with van der Waals surface area (Å²) >= 11 is 7.25. The minimum Gasteiger partial charge on any atom is -0.461 e. The third kappa shape index (κ3) is 4.27. The summed E-state index contributed by atoms with van der Waals surface area (Å²) in [4.78, 5) is 13.1. The first-order chi connectivity index (χ1) is 16.5. The van der Waals surface area contributed by atoms with Crippen molar-refractivity contribution in [3.8, 4) is 0 Å². The van der Waals surface area contributed by atoms with Crippen LogP contribution in [0.4, 0.5) is 11.4 Å². The largest absolute Gasteiger partial charge is 0.461 e. The van der Waals surface area contributed by atoms with Gasteiger partial charge in [0.1, 0.15) is 11.5 Å². The van der Waals surface area contributed by atoms with Crippen LogP contribution >= 0.6 is 31.9 Å². The molecular formula is C28H28Br2N2O2. The van der Waals surface area contributed by atoms with Gasteiger partial charge in [0.25, 0.3) is 5.91 Å². The number of anilines is 2. The predicted molar refractivity (Wildman–Crippen MR) is 146 cm³/mol. The van der Waals surface area contributed by atoms with Gasteiger partial charge in [-0.1, -0.05) is 47.5 Å². The molecule has 1 aliphatic carbocycles. The van der Waals surface area contributed by atoms with E-state index in [1.165, 1.54) is 17.5 Å². The van der Waals surface area contributed by atoms with E-state index in [-0.39, 0.29) is 11.9 Å². The lowest BCUT2D eigenvalue weighted by Crippen LogP contribution is -2.14. The lowest BCUT2D eigenvalue weighted by Gasteiger charge is -2.22. The standard InChI is InChI=1S/C28H28Br2N2O2/c1-3-9-22(31-17-10-5-4-6-11-17)26-18-12-7-8-13-23(18)34-24(26)14-19-25-16(2)20(29)15-21(30)27(25)32-28(19)33/h4-6,10-11,14-15,22,31H,3,7-9,12-13H2,1-2H3,(H,32,33). The van der Waals surface area contributed by atoms with Gasteiger partial charge in [0, 0.05) is 32.2 Å². The Kier molecular flexibility index (Phi) is 6.72. The number of hydrogen-bond acceptors (Lipinski definition) is 3. The smallest absolute Gasteiger partial charge is 0.256 e. The van der Waals surface area contributed by atoms with Crippen LogP contribution in [0.2, 0.25) is 0 Å². The fourth-order valence-electron chi connectivity index (χ4n) is 5.15. The molecule has 0 radical (unpaired) electrons. The molecule has 0 fully saturated rings. The minimum atomic E-state index is -0.0970. The van der Waals surface area contributed by atoms with Crippen LogP contribution in [-0.4, -0.2) is 5.91 Å². The number of rotatable bonds is 6. The lowest BCUT2D eigenvalue weighted by atomic mass is 9.89. The average Bonchev–Trinajstić information content (AvgIpc) is 3.36. The van der Waals surface area contributed by atoms with Crippen molar-refractivity contribution in [2.24, 2.45) is 0 Å². The normalized spacial score (nSPS) is 16.8. The highest BCUT2D eigenvalue weighted by Crippen LogP contribution is 2.45. The number of fused-ring (bicyclic) bond motifs is 2. The maximum Gasteiger partial charge on any atom is 0.256 e. The van der Waals surface area contributed by atoms with Crippen molar-refractivity contribution in [3.63, 3.8) is 0 Å². The molecule has 176 valence electrons. The van der Waals surface area contributed by atoms with Gasteiger partial charge in [0.2, 0.25) is 0 Å². The van der Waals surface area contributed by atoms with E-state index in [9.17, 15) is 4.79 Å². The van der Waals surface area contributed by atoms with Crippen LogP contribution in [-0.2, 0) is 17.6 Å². The highest BCUT2D eigenvalue weighted by atomic mass is 79.9. The van der Waals surface area contributed by atoms with Crippen LogP contribution in [0, 0.1) is 6.92 Å². The predicted octanol–water partition coefficient (Wildman–Crippen LogP) is 8.44. The van der Waals surface area contributed by atoms with E-state index < -0.39 is 0 Å². The molecule has 1 aromatic heterocycles. The topological polar surface area (TPSA) is 54.3 Å². The van der Waals surface area contributed by atoms with Crippen LogP contribution in [0.1, 0.15) is 72.4 Å². The van der Waals surface area contributed by atoms with Gasteiger partial charge in [-0.05, 0) is 83.9 Å². The Hall–Kier alpha value is -2.31. The number of nitrogens with one attached hydrogen (secondary N) is 2. The number of para-hydroxylation sites is 1. The molecule has 2 N–H and O–H groups in total. The molecule has 0 spiro atoms. The maximum absolute atomic E-state index is 13.1. The van der Waals surface area contributed by atoms with Crippen LogP contribution in [0.15, 0.2) is 49.8 Å². The van der Waals surface area contributed by atoms with Crippen molar-refractivity contribution in [2.45, 2.75) is 58.4 Å². The second-order valence-electron chi connectivity index (χ2n) is 9.07. The van der Waals surface area contributed by atoms with Crippen molar-refractivity contribution in [2.75, 3.05) is 10.6 Å². The van der Waals surface area contributed by atoms with Gasteiger partial charge in [0.05, 0.1) is 17.3 Å². The molecular weight excluding hydrogens is 556 g/mol. The third-order valence-corrected chi connectivity index (χ3v) is 8.23. The van der Waals surface area contributed by atoms with Gasteiger partial charge < -0.3 is 15.1 Å². The monoisotopic (exact) mass is 582 g/mol. The Morgan fingerprint density at radius 3 is 2.68 bits per heavy atom. The molecule has 1 aliphatic heterocycles. The second kappa shape index (κ2) is 9.74. The summed E-state index contributed by atoms with van der Waals surface area (Å²) in [5, 5.41) is 6.80. The van der Waals surface area contributed by atoms with E-state index in [2.05, 4.69) is 73.7 Å². The molecule has 1 unspecified atom stereocenters. The molecule has 2 aromatic carbocycles. The molecule has 6 heteroatoms. The van der Waals surface area contributed by atoms with Gasteiger partial charge in [-0.25, -0.2) is 0 Å². The van der Waals surface area contributed by atoms with Crippen molar-refractivity contribution < 1.29 is 9.21 Å². The Bertz CT molecular complexity index is 1280. The molecule has 0 bridgehead atoms. The number of carbonyl (C=O) groups is 1. The Morgan fingerprint density at radius 1 is 1.15 bits per heavy atom. The first-order valence-corrected chi connectivity index (χ1v) is 13.5. The van der Waals surface area contributed by atoms with Gasteiger partial charge in [-0.3, -0.25) is 4.79 Å². The number of aryl methyl sites for hydroxylation is 1. The minimum absolute atomic E-state index is 0.0970. The molecule has 4 nitrogen and oxygen atoms in total. The summed E-state index contributed by atoms with van der Waals surface area (Å²) in [7, 11) is 0. The second-order valence-corrected chi connectivity index (χ2v) is 10.8. The van der Waals surface area contributed by atoms with Crippen molar-refractivity contribution in [1.82, 2.24) is 0 Å². The van der Waals surface area contributed by atoms with Crippen LogP contribution < -0.4 is 10.6 Å². The number of furan rings is 1. The van der Waals surface area contributed by atoms with Gasteiger partial charge >= 0.3 is 0 Å². The summed E-state index contributed by atoms with van der Waals surface area (Å²) in [6.45, 7) is 4.25. The zero-order chi connectivity index (χ0) is 23.8. The first-order valence-electron chi connectivity index (χ1n) is 12.0. The summed E-state index contributed by atoms with van der Waals surface area (Å²) in [6.07, 6.45) is 8.28. The van der Waals surface area contributed by atoms with Crippen molar-refractivity contribution in [1.29, 1.82) is 0 Å². The molecule has 2 heterocycles. The van der Waals surface area contributed by atoms with Gasteiger partial charge in [0.15, 0.2) is 0 Å². The number of carbonyl (C=O) groups excluding carboxylic acids is 1. The summed E-state index contributed by atoms with van der Waals surface area (Å²) in [5.41, 5.74) is 7.06. The first kappa shape index (κ1) is 23.4. The van der Waals surface area contributed by atoms with E-state index >= 15 is 0 Å². The summed E-state index contributed by atoms with van der Waals surface area (Å²) in [6, 6.07) is 12.4. The molecule has 2 aliphatic rings. The average molecular weight is 584 g/mol. The number of halogens is 2. The Morgan fingerprint density at radius 2 is 1.91 bits per heavy atom. The van der Waals surface area contributed by atoms with Crippen molar-refractivity contribution in [3.05, 3.63) is 79.1 Å². The summed E-state index contributed by atoms with van der Waals surface area (Å²) < 4.78 is 8.34. The van der Waals surface area contributed by atoms with Crippen molar-refractivity contribution >= 4 is 60.8 Å². The Labute approximate surface area is 217 Å². The fourth-order valence-corrected chi connectivity index (χ4v) is 6.41. The molecule has 0 saturated heterocycles. The molecule has 1 amide bonds. The van der Waals surface area contributed by atoms with Gasteiger partial charge in [-0.2, -0.15) is 0 Å². The highest BCUT2D eigenvalue weighted by Gasteiger charge is 2.32. The van der Waals surface area contributed by atoms with Crippen LogP contribution in [0.25, 0.3) is 11.6 Å². The molecule has 34 heavy (non-hydrogen) atoms. The zero-order valence-corrected chi connectivity index (χ0v) is 22.6. The number of amides is 1. The van der Waals surface area contributed by atoms with E-state index in [1.54, 1.807) is 0 Å². The van der Waals surface area contributed by atoms with E-state index in [0.717, 1.165) is 75.1 Å².